The molecule has 0 aliphatic heterocycles. The van der Waals surface area contributed by atoms with Crippen molar-refractivity contribution in [2.45, 2.75) is 0 Å². The SMILES string of the molecule is N/N=C\c1cccn1-c1ccccc1Cl. The normalized spacial score (nSPS) is 11.0. The van der Waals surface area contributed by atoms with Gasteiger partial charge in [0.1, 0.15) is 0 Å². The number of hydrogen-bond donors (Lipinski definition) is 1. The Balaban J connectivity index is 2.54. The van der Waals surface area contributed by atoms with Gasteiger partial charge in [0.05, 0.1) is 22.6 Å². The van der Waals surface area contributed by atoms with Crippen molar-refractivity contribution in [3.63, 3.8) is 0 Å². The Morgan fingerprint density at radius 3 is 2.73 bits per heavy atom. The molecule has 4 heteroatoms. The fourth-order valence-corrected chi connectivity index (χ4v) is 1.67. The predicted octanol–water partition coefficient (Wildman–Crippen LogP) is 2.42. The quantitative estimate of drug-likeness (QED) is 0.471. The molecule has 15 heavy (non-hydrogen) atoms. The third-order valence-corrected chi connectivity index (χ3v) is 2.42. The molecule has 0 atom stereocenters. The van der Waals surface area contributed by atoms with Crippen molar-refractivity contribution in [1.82, 2.24) is 4.57 Å². The molecule has 0 bridgehead atoms. The summed E-state index contributed by atoms with van der Waals surface area (Å²) in [5, 5.41) is 4.20. The van der Waals surface area contributed by atoms with Crippen LogP contribution in [0.15, 0.2) is 47.7 Å². The number of nitrogens with zero attached hydrogens (tertiary/aromatic N) is 2. The number of hydrogen-bond acceptors (Lipinski definition) is 2. The Hall–Kier alpha value is -1.74. The minimum atomic E-state index is 0.695. The van der Waals surface area contributed by atoms with E-state index >= 15 is 0 Å². The molecule has 2 N–H and O–H groups in total. The van der Waals surface area contributed by atoms with E-state index in [1.165, 1.54) is 0 Å². The largest absolute Gasteiger partial charge is 0.323 e. The van der Waals surface area contributed by atoms with Crippen LogP contribution < -0.4 is 5.84 Å². The van der Waals surface area contributed by atoms with Crippen molar-refractivity contribution in [3.8, 4) is 5.69 Å². The van der Waals surface area contributed by atoms with Gasteiger partial charge < -0.3 is 10.4 Å². The Kier molecular flexibility index (Phi) is 2.74. The minimum absolute atomic E-state index is 0.695. The molecule has 0 saturated carbocycles. The van der Waals surface area contributed by atoms with Gasteiger partial charge in [-0.05, 0) is 24.3 Å². The number of aromatic nitrogens is 1. The number of para-hydroxylation sites is 1. The lowest BCUT2D eigenvalue weighted by Crippen LogP contribution is -1.99. The first kappa shape index (κ1) is 9.80. The average molecular weight is 220 g/mol. The highest BCUT2D eigenvalue weighted by atomic mass is 35.5. The maximum atomic E-state index is 6.09. The van der Waals surface area contributed by atoms with Gasteiger partial charge in [-0.25, -0.2) is 0 Å². The van der Waals surface area contributed by atoms with Crippen LogP contribution in [0.2, 0.25) is 5.02 Å². The van der Waals surface area contributed by atoms with E-state index in [1.807, 2.05) is 47.2 Å². The number of nitrogens with two attached hydrogens (primary N) is 1. The summed E-state index contributed by atoms with van der Waals surface area (Å²) in [5.74, 6) is 5.13. The highest BCUT2D eigenvalue weighted by Crippen LogP contribution is 2.21. The molecular weight excluding hydrogens is 210 g/mol. The number of hydrazone groups is 1. The Morgan fingerprint density at radius 2 is 2.00 bits per heavy atom. The van der Waals surface area contributed by atoms with E-state index in [0.717, 1.165) is 11.4 Å². The molecule has 3 nitrogen and oxygen atoms in total. The van der Waals surface area contributed by atoms with Crippen LogP contribution in [-0.4, -0.2) is 10.8 Å². The molecule has 0 radical (unpaired) electrons. The van der Waals surface area contributed by atoms with Crippen LogP contribution in [0, 0.1) is 0 Å². The van der Waals surface area contributed by atoms with Crippen molar-refractivity contribution in [1.29, 1.82) is 0 Å². The van der Waals surface area contributed by atoms with Crippen molar-refractivity contribution >= 4 is 17.8 Å². The molecule has 76 valence electrons. The second-order valence-corrected chi connectivity index (χ2v) is 3.44. The van der Waals surface area contributed by atoms with E-state index in [2.05, 4.69) is 5.10 Å². The van der Waals surface area contributed by atoms with E-state index in [0.29, 0.717) is 5.02 Å². The number of rotatable bonds is 2. The lowest BCUT2D eigenvalue weighted by atomic mass is 10.3. The molecule has 2 aromatic rings. The van der Waals surface area contributed by atoms with Crippen molar-refractivity contribution in [3.05, 3.63) is 53.3 Å². The standard InChI is InChI=1S/C11H10ClN3/c12-10-5-1-2-6-11(10)15-7-3-4-9(15)8-14-13/h1-8H,13H2/b14-8-. The van der Waals surface area contributed by atoms with Gasteiger partial charge in [0.25, 0.3) is 0 Å². The van der Waals surface area contributed by atoms with Crippen molar-refractivity contribution < 1.29 is 0 Å². The van der Waals surface area contributed by atoms with Crippen LogP contribution >= 0.6 is 11.6 Å². The van der Waals surface area contributed by atoms with Gasteiger partial charge in [0, 0.05) is 6.20 Å². The summed E-state index contributed by atoms with van der Waals surface area (Å²) in [6, 6.07) is 11.5. The summed E-state index contributed by atoms with van der Waals surface area (Å²) in [7, 11) is 0. The van der Waals surface area contributed by atoms with Crippen LogP contribution in [0.1, 0.15) is 5.69 Å². The van der Waals surface area contributed by atoms with Gasteiger partial charge in [-0.3, -0.25) is 0 Å². The lowest BCUT2D eigenvalue weighted by Gasteiger charge is -2.07. The zero-order valence-electron chi connectivity index (χ0n) is 7.97. The van der Waals surface area contributed by atoms with Gasteiger partial charge in [0.2, 0.25) is 0 Å². The number of benzene rings is 1. The van der Waals surface area contributed by atoms with E-state index in [4.69, 9.17) is 17.4 Å². The molecule has 0 amide bonds. The van der Waals surface area contributed by atoms with Crippen molar-refractivity contribution in [2.24, 2.45) is 10.9 Å². The lowest BCUT2D eigenvalue weighted by molar-refractivity contribution is 1.06. The molecule has 0 fully saturated rings. The average Bonchev–Trinajstić information content (AvgIpc) is 2.67. The molecular formula is C11H10ClN3. The summed E-state index contributed by atoms with van der Waals surface area (Å²) in [6.07, 6.45) is 3.50. The molecule has 2 rings (SSSR count). The maximum Gasteiger partial charge on any atom is 0.0706 e. The maximum absolute atomic E-state index is 6.09. The second-order valence-electron chi connectivity index (χ2n) is 3.03. The third-order valence-electron chi connectivity index (χ3n) is 2.10. The Labute approximate surface area is 92.8 Å². The third kappa shape index (κ3) is 1.87. The van der Waals surface area contributed by atoms with Crippen LogP contribution in [0.5, 0.6) is 0 Å². The van der Waals surface area contributed by atoms with Crippen LogP contribution in [-0.2, 0) is 0 Å². The van der Waals surface area contributed by atoms with Gasteiger partial charge in [-0.2, -0.15) is 5.10 Å². The highest BCUT2D eigenvalue weighted by molar-refractivity contribution is 6.32. The van der Waals surface area contributed by atoms with Gasteiger partial charge in [-0.1, -0.05) is 23.7 Å². The topological polar surface area (TPSA) is 43.3 Å². The van der Waals surface area contributed by atoms with Crippen LogP contribution in [0.4, 0.5) is 0 Å². The molecule has 0 aliphatic carbocycles. The van der Waals surface area contributed by atoms with E-state index in [-0.39, 0.29) is 0 Å². The summed E-state index contributed by atoms with van der Waals surface area (Å²) < 4.78 is 1.93. The van der Waals surface area contributed by atoms with Gasteiger partial charge in [0.15, 0.2) is 0 Å². The second kappa shape index (κ2) is 4.19. The molecule has 0 spiro atoms. The van der Waals surface area contributed by atoms with Crippen LogP contribution in [0.25, 0.3) is 5.69 Å². The summed E-state index contributed by atoms with van der Waals surface area (Å²) in [4.78, 5) is 0. The molecule has 0 aliphatic rings. The smallest absolute Gasteiger partial charge is 0.0706 e. The number of halogens is 1. The summed E-state index contributed by atoms with van der Waals surface area (Å²) in [6.45, 7) is 0. The van der Waals surface area contributed by atoms with E-state index in [9.17, 15) is 0 Å². The fraction of sp³-hybridized carbons (Fsp3) is 0. The molecule has 0 saturated heterocycles. The van der Waals surface area contributed by atoms with Gasteiger partial charge in [-0.15, -0.1) is 0 Å². The predicted molar refractivity (Wildman–Crippen MR) is 62.6 cm³/mol. The first-order valence-corrected chi connectivity index (χ1v) is 4.86. The zero-order valence-corrected chi connectivity index (χ0v) is 8.72. The first-order chi connectivity index (χ1) is 7.33. The Morgan fingerprint density at radius 1 is 1.20 bits per heavy atom. The molecule has 1 aromatic heterocycles. The molecule has 0 unspecified atom stereocenters. The van der Waals surface area contributed by atoms with Crippen LogP contribution in [0.3, 0.4) is 0 Å². The van der Waals surface area contributed by atoms with Crippen molar-refractivity contribution in [2.75, 3.05) is 0 Å². The zero-order chi connectivity index (χ0) is 10.7. The van der Waals surface area contributed by atoms with Gasteiger partial charge >= 0.3 is 0 Å². The first-order valence-electron chi connectivity index (χ1n) is 4.48. The monoisotopic (exact) mass is 219 g/mol. The molecule has 1 heterocycles. The van der Waals surface area contributed by atoms with E-state index < -0.39 is 0 Å². The van der Waals surface area contributed by atoms with E-state index in [1.54, 1.807) is 6.21 Å². The summed E-state index contributed by atoms with van der Waals surface area (Å²) >= 11 is 6.09. The Bertz CT molecular complexity index is 488. The fourth-order valence-electron chi connectivity index (χ4n) is 1.44. The minimum Gasteiger partial charge on any atom is -0.323 e. The molecule has 1 aromatic carbocycles. The highest BCUT2D eigenvalue weighted by Gasteiger charge is 2.04. The summed E-state index contributed by atoms with van der Waals surface area (Å²) in [5.41, 5.74) is 1.81.